The zero-order valence-electron chi connectivity index (χ0n) is 17.8. The van der Waals surface area contributed by atoms with Crippen molar-refractivity contribution in [3.8, 4) is 0 Å². The van der Waals surface area contributed by atoms with Crippen LogP contribution in [0.4, 0.5) is 11.4 Å². The SMILES string of the molecule is O=C(NNC(=S)Nc1ccccc1)C(C(=O)NNC(=S)Nc1ccccc1)C1C=CCCC1. The molecule has 0 saturated heterocycles. The molecular weight excluding hydrogens is 456 g/mol. The van der Waals surface area contributed by atoms with Gasteiger partial charge in [0, 0.05) is 11.4 Å². The summed E-state index contributed by atoms with van der Waals surface area (Å²) < 4.78 is 0. The van der Waals surface area contributed by atoms with E-state index in [4.69, 9.17) is 24.4 Å². The zero-order chi connectivity index (χ0) is 23.5. The number of hydrazine groups is 2. The maximum absolute atomic E-state index is 12.9. The standard InChI is InChI=1S/C23H26N6O2S2/c30-20(26-28-22(32)24-17-12-6-2-7-13-17)19(16-10-4-1-5-11-16)21(31)27-29-23(33)25-18-14-8-3-9-15-18/h2-4,6-10,12-16,19H,1,5,11H2,(H,26,30)(H,27,31)(H2,24,28,32)(H2,25,29,33). The van der Waals surface area contributed by atoms with E-state index >= 15 is 0 Å². The molecular formula is C23H26N6O2S2. The summed E-state index contributed by atoms with van der Waals surface area (Å²) in [6, 6.07) is 18.6. The number of carbonyl (C=O) groups excluding carboxylic acids is 2. The number of hydrogen-bond donors (Lipinski definition) is 6. The van der Waals surface area contributed by atoms with Crippen molar-refractivity contribution in [3.63, 3.8) is 0 Å². The van der Waals surface area contributed by atoms with Gasteiger partial charge in [-0.25, -0.2) is 0 Å². The molecule has 2 amide bonds. The van der Waals surface area contributed by atoms with E-state index in [2.05, 4.69) is 32.3 Å². The Morgan fingerprint density at radius 1 is 0.758 bits per heavy atom. The van der Waals surface area contributed by atoms with Gasteiger partial charge in [-0.1, -0.05) is 48.6 Å². The fourth-order valence-electron chi connectivity index (χ4n) is 3.38. The van der Waals surface area contributed by atoms with Gasteiger partial charge in [0.15, 0.2) is 10.2 Å². The third-order valence-electron chi connectivity index (χ3n) is 4.95. The molecule has 1 unspecified atom stereocenters. The van der Waals surface area contributed by atoms with Gasteiger partial charge in [-0.15, -0.1) is 0 Å². The van der Waals surface area contributed by atoms with Gasteiger partial charge in [0.25, 0.3) is 11.8 Å². The molecule has 0 saturated carbocycles. The van der Waals surface area contributed by atoms with Crippen molar-refractivity contribution in [3.05, 3.63) is 72.8 Å². The molecule has 1 aliphatic carbocycles. The van der Waals surface area contributed by atoms with E-state index in [0.29, 0.717) is 0 Å². The van der Waals surface area contributed by atoms with Gasteiger partial charge in [-0.05, 0) is 73.9 Å². The maximum atomic E-state index is 12.9. The van der Waals surface area contributed by atoms with Gasteiger partial charge in [0.05, 0.1) is 0 Å². The zero-order valence-corrected chi connectivity index (χ0v) is 19.5. The highest BCUT2D eigenvalue weighted by molar-refractivity contribution is 7.80. The van der Waals surface area contributed by atoms with Gasteiger partial charge in [-0.3, -0.25) is 31.3 Å². The second-order valence-electron chi connectivity index (χ2n) is 7.37. The summed E-state index contributed by atoms with van der Waals surface area (Å²) in [7, 11) is 0. The molecule has 0 fully saturated rings. The molecule has 0 aliphatic heterocycles. The fraction of sp³-hybridized carbons (Fsp3) is 0.217. The van der Waals surface area contributed by atoms with E-state index in [1.807, 2.05) is 72.8 Å². The largest absolute Gasteiger partial charge is 0.331 e. The lowest BCUT2D eigenvalue weighted by molar-refractivity contribution is -0.137. The molecule has 2 aromatic rings. The van der Waals surface area contributed by atoms with Crippen LogP contribution < -0.4 is 32.3 Å². The summed E-state index contributed by atoms with van der Waals surface area (Å²) in [5.41, 5.74) is 12.0. The Hall–Kier alpha value is -3.50. The Morgan fingerprint density at radius 3 is 1.67 bits per heavy atom. The van der Waals surface area contributed by atoms with Crippen LogP contribution in [0.5, 0.6) is 0 Å². The third kappa shape index (κ3) is 7.85. The molecule has 0 heterocycles. The van der Waals surface area contributed by atoms with Crippen molar-refractivity contribution < 1.29 is 9.59 Å². The normalized spacial score (nSPS) is 14.6. The molecule has 8 nitrogen and oxygen atoms in total. The molecule has 0 spiro atoms. The number of allylic oxidation sites excluding steroid dienone is 2. The summed E-state index contributed by atoms with van der Waals surface area (Å²) in [5, 5.41) is 6.34. The Balaban J connectivity index is 1.56. The number of para-hydroxylation sites is 2. The maximum Gasteiger partial charge on any atom is 0.251 e. The summed E-state index contributed by atoms with van der Waals surface area (Å²) >= 11 is 10.4. The smallest absolute Gasteiger partial charge is 0.251 e. The average Bonchev–Trinajstić information content (AvgIpc) is 2.83. The van der Waals surface area contributed by atoms with Crippen LogP contribution in [0.1, 0.15) is 19.3 Å². The number of amides is 2. The first-order chi connectivity index (χ1) is 16.0. The topological polar surface area (TPSA) is 106 Å². The summed E-state index contributed by atoms with van der Waals surface area (Å²) in [5.74, 6) is -2.20. The van der Waals surface area contributed by atoms with E-state index in [0.717, 1.165) is 30.6 Å². The molecule has 10 heteroatoms. The first kappa shape index (κ1) is 24.1. The highest BCUT2D eigenvalue weighted by atomic mass is 32.1. The Kier molecular flexibility index (Phi) is 9.16. The summed E-state index contributed by atoms with van der Waals surface area (Å²) in [4.78, 5) is 25.9. The van der Waals surface area contributed by atoms with Gasteiger partial charge in [0.2, 0.25) is 0 Å². The number of benzene rings is 2. The number of rotatable bonds is 5. The number of carbonyl (C=O) groups is 2. The third-order valence-corrected chi connectivity index (χ3v) is 5.35. The molecule has 0 aromatic heterocycles. The van der Waals surface area contributed by atoms with E-state index < -0.39 is 17.7 Å². The van der Waals surface area contributed by atoms with Crippen molar-refractivity contribution in [2.24, 2.45) is 11.8 Å². The lowest BCUT2D eigenvalue weighted by atomic mass is 9.83. The van der Waals surface area contributed by atoms with E-state index in [1.54, 1.807) is 0 Å². The molecule has 33 heavy (non-hydrogen) atoms. The number of anilines is 2. The quantitative estimate of drug-likeness (QED) is 0.167. The molecule has 6 N–H and O–H groups in total. The van der Waals surface area contributed by atoms with Gasteiger partial charge < -0.3 is 10.6 Å². The van der Waals surface area contributed by atoms with Gasteiger partial charge >= 0.3 is 0 Å². The van der Waals surface area contributed by atoms with Gasteiger partial charge in [-0.2, -0.15) is 0 Å². The Bertz CT molecular complexity index is 931. The van der Waals surface area contributed by atoms with Crippen LogP contribution in [0.3, 0.4) is 0 Å². The Morgan fingerprint density at radius 2 is 1.24 bits per heavy atom. The predicted molar refractivity (Wildman–Crippen MR) is 138 cm³/mol. The minimum Gasteiger partial charge on any atom is -0.331 e. The van der Waals surface area contributed by atoms with Crippen LogP contribution >= 0.6 is 24.4 Å². The second-order valence-corrected chi connectivity index (χ2v) is 8.19. The van der Waals surface area contributed by atoms with Crippen LogP contribution in [-0.4, -0.2) is 22.0 Å². The van der Waals surface area contributed by atoms with Crippen molar-refractivity contribution >= 4 is 57.8 Å². The lowest BCUT2D eigenvalue weighted by Gasteiger charge is -2.26. The van der Waals surface area contributed by atoms with E-state index in [-0.39, 0.29) is 16.1 Å². The molecule has 172 valence electrons. The molecule has 0 radical (unpaired) electrons. The lowest BCUT2D eigenvalue weighted by Crippen LogP contribution is -2.54. The minimum absolute atomic E-state index is 0.208. The van der Waals surface area contributed by atoms with Crippen LogP contribution in [0.2, 0.25) is 0 Å². The summed E-state index contributed by atoms with van der Waals surface area (Å²) in [6.45, 7) is 0. The average molecular weight is 483 g/mol. The van der Waals surface area contributed by atoms with Crippen LogP contribution in [0.15, 0.2) is 72.8 Å². The fourth-order valence-corrected chi connectivity index (χ4v) is 3.72. The Labute approximate surface area is 203 Å². The number of nitrogens with one attached hydrogen (secondary N) is 6. The van der Waals surface area contributed by atoms with E-state index in [1.165, 1.54) is 0 Å². The first-order valence-corrected chi connectivity index (χ1v) is 11.3. The molecule has 1 atom stereocenters. The predicted octanol–water partition coefficient (Wildman–Crippen LogP) is 2.99. The number of thiocarbonyl (C=S) groups is 2. The highest BCUT2D eigenvalue weighted by Gasteiger charge is 2.34. The summed E-state index contributed by atoms with van der Waals surface area (Å²) in [6.07, 6.45) is 6.46. The van der Waals surface area contributed by atoms with Crippen LogP contribution in [0.25, 0.3) is 0 Å². The molecule has 3 rings (SSSR count). The molecule has 2 aromatic carbocycles. The first-order valence-electron chi connectivity index (χ1n) is 10.5. The van der Waals surface area contributed by atoms with Crippen molar-refractivity contribution in [2.45, 2.75) is 19.3 Å². The molecule has 1 aliphatic rings. The second kappa shape index (κ2) is 12.5. The molecule has 0 bridgehead atoms. The minimum atomic E-state index is -0.972. The van der Waals surface area contributed by atoms with Crippen molar-refractivity contribution in [1.82, 2.24) is 21.7 Å². The van der Waals surface area contributed by atoms with Crippen LogP contribution in [0, 0.1) is 11.8 Å². The number of hydrogen-bond acceptors (Lipinski definition) is 4. The highest BCUT2D eigenvalue weighted by Crippen LogP contribution is 2.25. The van der Waals surface area contributed by atoms with Crippen molar-refractivity contribution in [2.75, 3.05) is 10.6 Å². The van der Waals surface area contributed by atoms with Crippen LogP contribution in [-0.2, 0) is 9.59 Å². The van der Waals surface area contributed by atoms with Crippen molar-refractivity contribution in [1.29, 1.82) is 0 Å². The van der Waals surface area contributed by atoms with Gasteiger partial charge in [0.1, 0.15) is 5.92 Å². The monoisotopic (exact) mass is 482 g/mol. The van der Waals surface area contributed by atoms with E-state index in [9.17, 15) is 9.59 Å².